The first-order chi connectivity index (χ1) is 9.72. The summed E-state index contributed by atoms with van der Waals surface area (Å²) in [5.41, 5.74) is 3.67. The largest absolute Gasteiger partial charge is 0.444 e. The van der Waals surface area contributed by atoms with Gasteiger partial charge in [0.15, 0.2) is 0 Å². The molecule has 0 aliphatic carbocycles. The van der Waals surface area contributed by atoms with Crippen LogP contribution in [0.5, 0.6) is 0 Å². The van der Waals surface area contributed by atoms with Crippen molar-refractivity contribution in [2.75, 3.05) is 0 Å². The van der Waals surface area contributed by atoms with Gasteiger partial charge >= 0.3 is 0 Å². The molecule has 1 N–H and O–H groups in total. The molecule has 20 heavy (non-hydrogen) atoms. The molecule has 2 heterocycles. The molecule has 5 heteroatoms. The average Bonchev–Trinajstić information content (AvgIpc) is 2.77. The fourth-order valence-corrected chi connectivity index (χ4v) is 1.99. The van der Waals surface area contributed by atoms with Gasteiger partial charge in [-0.15, -0.1) is 0 Å². The first-order valence-electron chi connectivity index (χ1n) is 6.56. The molecule has 0 aliphatic heterocycles. The molecule has 3 rings (SSSR count). The highest BCUT2D eigenvalue weighted by atomic mass is 16.4. The Balaban J connectivity index is 1.64. The van der Waals surface area contributed by atoms with E-state index in [1.807, 2.05) is 38.1 Å². The third-order valence-electron chi connectivity index (χ3n) is 3.15. The number of hydrogen-bond acceptors (Lipinski definition) is 5. The number of nitrogens with zero attached hydrogens (tertiary/aromatic N) is 3. The van der Waals surface area contributed by atoms with Gasteiger partial charge < -0.3 is 9.73 Å². The Morgan fingerprint density at radius 3 is 2.60 bits per heavy atom. The minimum absolute atomic E-state index is 0.586. The smallest absolute Gasteiger partial charge is 0.208 e. The molecule has 0 radical (unpaired) electrons. The van der Waals surface area contributed by atoms with E-state index < -0.39 is 0 Å². The van der Waals surface area contributed by atoms with Gasteiger partial charge in [0.1, 0.15) is 5.76 Å². The van der Waals surface area contributed by atoms with E-state index in [2.05, 4.69) is 20.3 Å². The Bertz CT molecular complexity index is 716. The van der Waals surface area contributed by atoms with Crippen molar-refractivity contribution in [3.8, 4) is 0 Å². The molecule has 0 amide bonds. The number of aromatic nitrogens is 3. The number of aryl methyl sites for hydroxylation is 2. The van der Waals surface area contributed by atoms with Gasteiger partial charge in [-0.05, 0) is 26.0 Å². The molecule has 0 aliphatic rings. The lowest BCUT2D eigenvalue weighted by molar-refractivity contribution is 0.448. The number of nitrogens with one attached hydrogen (secondary N) is 1. The van der Waals surface area contributed by atoms with Crippen LogP contribution in [-0.2, 0) is 13.1 Å². The molecule has 102 valence electrons. The fraction of sp³-hybridized carbons (Fsp3) is 0.267. The van der Waals surface area contributed by atoms with E-state index in [0.29, 0.717) is 19.0 Å². The zero-order valence-corrected chi connectivity index (χ0v) is 11.6. The van der Waals surface area contributed by atoms with Crippen molar-refractivity contribution in [1.29, 1.82) is 0 Å². The predicted molar refractivity (Wildman–Crippen MR) is 76.1 cm³/mol. The van der Waals surface area contributed by atoms with Crippen LogP contribution in [0.2, 0.25) is 0 Å². The zero-order valence-electron chi connectivity index (χ0n) is 11.6. The summed E-state index contributed by atoms with van der Waals surface area (Å²) in [6.45, 7) is 5.08. The molecule has 3 aromatic rings. The van der Waals surface area contributed by atoms with Crippen LogP contribution in [0.1, 0.15) is 23.0 Å². The summed E-state index contributed by atoms with van der Waals surface area (Å²) in [4.78, 5) is 13.3. The number of para-hydroxylation sites is 2. The van der Waals surface area contributed by atoms with Crippen molar-refractivity contribution in [2.24, 2.45) is 0 Å². The highest BCUT2D eigenvalue weighted by Crippen LogP contribution is 2.09. The Hall–Kier alpha value is -2.27. The lowest BCUT2D eigenvalue weighted by Crippen LogP contribution is -2.14. The maximum Gasteiger partial charge on any atom is 0.208 e. The van der Waals surface area contributed by atoms with Crippen LogP contribution >= 0.6 is 0 Å². The van der Waals surface area contributed by atoms with Crippen LogP contribution in [0.3, 0.4) is 0 Å². The monoisotopic (exact) mass is 268 g/mol. The Labute approximate surface area is 117 Å². The summed E-state index contributed by atoms with van der Waals surface area (Å²) < 4.78 is 5.51. The summed E-state index contributed by atoms with van der Waals surface area (Å²) >= 11 is 0. The minimum atomic E-state index is 0.586. The van der Waals surface area contributed by atoms with Crippen LogP contribution in [0, 0.1) is 13.8 Å². The summed E-state index contributed by atoms with van der Waals surface area (Å²) in [6, 6.07) is 7.85. The number of fused-ring (bicyclic) bond motifs is 1. The second kappa shape index (κ2) is 5.38. The molecule has 0 fully saturated rings. The lowest BCUT2D eigenvalue weighted by Gasteiger charge is -2.03. The van der Waals surface area contributed by atoms with E-state index in [0.717, 1.165) is 28.2 Å². The molecule has 0 atom stereocenters. The summed E-state index contributed by atoms with van der Waals surface area (Å²) in [7, 11) is 0. The van der Waals surface area contributed by atoms with Gasteiger partial charge in [0.2, 0.25) is 5.89 Å². The molecule has 0 bridgehead atoms. The van der Waals surface area contributed by atoms with E-state index in [9.17, 15) is 0 Å². The number of hydrogen-bond donors (Lipinski definition) is 1. The van der Waals surface area contributed by atoms with Crippen LogP contribution in [0.4, 0.5) is 0 Å². The maximum atomic E-state index is 5.51. The van der Waals surface area contributed by atoms with Crippen molar-refractivity contribution in [1.82, 2.24) is 20.3 Å². The SMILES string of the molecule is Cc1nc(CNCc2cnc3ccccc3n2)oc1C. The van der Waals surface area contributed by atoms with Crippen molar-refractivity contribution in [2.45, 2.75) is 26.9 Å². The highest BCUT2D eigenvalue weighted by Gasteiger charge is 2.05. The third-order valence-corrected chi connectivity index (χ3v) is 3.15. The van der Waals surface area contributed by atoms with Crippen molar-refractivity contribution < 1.29 is 4.42 Å². The second-order valence-corrected chi connectivity index (χ2v) is 4.70. The first-order valence-corrected chi connectivity index (χ1v) is 6.56. The topological polar surface area (TPSA) is 63.8 Å². The molecular weight excluding hydrogens is 252 g/mol. The van der Waals surface area contributed by atoms with Gasteiger partial charge in [0.05, 0.1) is 35.2 Å². The van der Waals surface area contributed by atoms with Gasteiger partial charge in [-0.3, -0.25) is 4.98 Å². The van der Waals surface area contributed by atoms with Gasteiger partial charge in [0.25, 0.3) is 0 Å². The van der Waals surface area contributed by atoms with Crippen LogP contribution < -0.4 is 5.32 Å². The Kier molecular flexibility index (Phi) is 3.43. The summed E-state index contributed by atoms with van der Waals surface area (Å²) in [6.07, 6.45) is 1.79. The van der Waals surface area contributed by atoms with Crippen molar-refractivity contribution >= 4 is 11.0 Å². The molecule has 5 nitrogen and oxygen atoms in total. The van der Waals surface area contributed by atoms with Crippen LogP contribution in [-0.4, -0.2) is 15.0 Å². The number of oxazole rings is 1. The molecule has 0 saturated heterocycles. The summed E-state index contributed by atoms with van der Waals surface area (Å²) in [5, 5.41) is 3.26. The van der Waals surface area contributed by atoms with Gasteiger partial charge in [0, 0.05) is 6.54 Å². The zero-order chi connectivity index (χ0) is 13.9. The van der Waals surface area contributed by atoms with E-state index >= 15 is 0 Å². The highest BCUT2D eigenvalue weighted by molar-refractivity contribution is 5.73. The van der Waals surface area contributed by atoms with E-state index in [1.54, 1.807) is 6.20 Å². The molecule has 2 aromatic heterocycles. The van der Waals surface area contributed by atoms with Gasteiger partial charge in [-0.25, -0.2) is 9.97 Å². The second-order valence-electron chi connectivity index (χ2n) is 4.70. The van der Waals surface area contributed by atoms with Crippen LogP contribution in [0.15, 0.2) is 34.9 Å². The maximum absolute atomic E-state index is 5.51. The number of benzene rings is 1. The van der Waals surface area contributed by atoms with Crippen molar-refractivity contribution in [3.63, 3.8) is 0 Å². The van der Waals surface area contributed by atoms with Crippen LogP contribution in [0.25, 0.3) is 11.0 Å². The normalized spacial score (nSPS) is 11.1. The number of rotatable bonds is 4. The Morgan fingerprint density at radius 2 is 1.85 bits per heavy atom. The molecular formula is C15H16N4O. The molecule has 1 aromatic carbocycles. The third kappa shape index (κ3) is 2.67. The van der Waals surface area contributed by atoms with Gasteiger partial charge in [-0.2, -0.15) is 0 Å². The standard InChI is InChI=1S/C15H16N4O/c1-10-11(2)20-15(18-10)9-16-7-12-8-17-13-5-3-4-6-14(13)19-12/h3-6,8,16H,7,9H2,1-2H3. The molecule has 0 spiro atoms. The van der Waals surface area contributed by atoms with E-state index in [4.69, 9.17) is 4.42 Å². The van der Waals surface area contributed by atoms with E-state index in [1.165, 1.54) is 0 Å². The quantitative estimate of drug-likeness (QED) is 0.787. The molecule has 0 unspecified atom stereocenters. The Morgan fingerprint density at radius 1 is 1.05 bits per heavy atom. The predicted octanol–water partition coefficient (Wildman–Crippen LogP) is 2.52. The average molecular weight is 268 g/mol. The fourth-order valence-electron chi connectivity index (χ4n) is 1.99. The van der Waals surface area contributed by atoms with Gasteiger partial charge in [-0.1, -0.05) is 12.1 Å². The van der Waals surface area contributed by atoms with Crippen molar-refractivity contribution in [3.05, 3.63) is 53.5 Å². The van der Waals surface area contributed by atoms with E-state index in [-0.39, 0.29) is 0 Å². The lowest BCUT2D eigenvalue weighted by atomic mass is 10.3. The first kappa shape index (κ1) is 12.7. The molecule has 0 saturated carbocycles. The summed E-state index contributed by atoms with van der Waals surface area (Å²) in [5.74, 6) is 1.57. The minimum Gasteiger partial charge on any atom is -0.444 e.